The standard InChI is InChI=1S/C15H23F2N3/c1-3-12(18)8-11-9-13(16)15(14(17)10-11)20-6-4-19(2)5-7-20/h9-10,12H,3-8,18H2,1-2H3. The van der Waals surface area contributed by atoms with E-state index >= 15 is 0 Å². The van der Waals surface area contributed by atoms with Gasteiger partial charge in [0, 0.05) is 32.2 Å². The minimum absolute atomic E-state index is 0.0525. The molecular formula is C15H23F2N3. The predicted molar refractivity (Wildman–Crippen MR) is 78.0 cm³/mol. The second-order valence-electron chi connectivity index (χ2n) is 5.57. The molecule has 1 fully saturated rings. The summed E-state index contributed by atoms with van der Waals surface area (Å²) >= 11 is 0. The molecule has 0 spiro atoms. The smallest absolute Gasteiger partial charge is 0.149 e. The molecule has 20 heavy (non-hydrogen) atoms. The SMILES string of the molecule is CCC(N)Cc1cc(F)c(N2CCN(C)CC2)c(F)c1. The zero-order chi connectivity index (χ0) is 14.7. The Morgan fingerprint density at radius 1 is 1.15 bits per heavy atom. The van der Waals surface area contributed by atoms with E-state index < -0.39 is 11.6 Å². The summed E-state index contributed by atoms with van der Waals surface area (Å²) in [5.74, 6) is -0.958. The van der Waals surface area contributed by atoms with Crippen molar-refractivity contribution < 1.29 is 8.78 Å². The molecule has 2 N–H and O–H groups in total. The summed E-state index contributed by atoms with van der Waals surface area (Å²) in [7, 11) is 2.01. The summed E-state index contributed by atoms with van der Waals surface area (Å²) in [4.78, 5) is 3.94. The van der Waals surface area contributed by atoms with E-state index in [2.05, 4.69) is 4.90 Å². The minimum atomic E-state index is -0.479. The van der Waals surface area contributed by atoms with Gasteiger partial charge in [0.05, 0.1) is 0 Å². The molecule has 1 atom stereocenters. The molecule has 0 saturated carbocycles. The molecule has 0 aromatic heterocycles. The zero-order valence-electron chi connectivity index (χ0n) is 12.2. The highest BCUT2D eigenvalue weighted by atomic mass is 19.1. The van der Waals surface area contributed by atoms with Crippen molar-refractivity contribution in [3.8, 4) is 0 Å². The van der Waals surface area contributed by atoms with Crippen molar-refractivity contribution in [2.75, 3.05) is 38.1 Å². The van der Waals surface area contributed by atoms with Gasteiger partial charge < -0.3 is 15.5 Å². The summed E-state index contributed by atoms with van der Waals surface area (Å²) in [6, 6.07) is 2.79. The molecule has 1 aliphatic heterocycles. The fourth-order valence-electron chi connectivity index (χ4n) is 2.52. The maximum absolute atomic E-state index is 14.2. The van der Waals surface area contributed by atoms with E-state index in [4.69, 9.17) is 5.73 Å². The van der Waals surface area contributed by atoms with Crippen LogP contribution in [0.25, 0.3) is 0 Å². The molecule has 0 radical (unpaired) electrons. The van der Waals surface area contributed by atoms with Crippen LogP contribution < -0.4 is 10.6 Å². The molecule has 1 unspecified atom stereocenters. The van der Waals surface area contributed by atoms with Gasteiger partial charge in [-0.15, -0.1) is 0 Å². The number of halogens is 2. The highest BCUT2D eigenvalue weighted by Crippen LogP contribution is 2.26. The Kier molecular flexibility index (Phi) is 4.94. The van der Waals surface area contributed by atoms with Gasteiger partial charge in [0.1, 0.15) is 17.3 Å². The van der Waals surface area contributed by atoms with Crippen molar-refractivity contribution in [2.24, 2.45) is 5.73 Å². The number of likely N-dealkylation sites (N-methyl/N-ethyl adjacent to an activating group) is 1. The van der Waals surface area contributed by atoms with Crippen molar-refractivity contribution in [3.05, 3.63) is 29.3 Å². The lowest BCUT2D eigenvalue weighted by Gasteiger charge is -2.34. The van der Waals surface area contributed by atoms with E-state index in [0.717, 1.165) is 19.5 Å². The molecule has 1 aromatic carbocycles. The first-order valence-electron chi connectivity index (χ1n) is 7.18. The van der Waals surface area contributed by atoms with E-state index in [9.17, 15) is 8.78 Å². The van der Waals surface area contributed by atoms with E-state index in [1.54, 1.807) is 4.90 Å². The summed E-state index contributed by atoms with van der Waals surface area (Å²) < 4.78 is 28.4. The summed E-state index contributed by atoms with van der Waals surface area (Å²) in [5, 5.41) is 0. The molecule has 1 aliphatic rings. The Labute approximate surface area is 119 Å². The van der Waals surface area contributed by atoms with Gasteiger partial charge in [-0.05, 0) is 37.6 Å². The van der Waals surface area contributed by atoms with Gasteiger partial charge >= 0.3 is 0 Å². The molecule has 1 saturated heterocycles. The molecule has 0 bridgehead atoms. The average Bonchev–Trinajstić information content (AvgIpc) is 2.40. The van der Waals surface area contributed by atoms with Crippen LogP contribution in [0.5, 0.6) is 0 Å². The second kappa shape index (κ2) is 6.50. The van der Waals surface area contributed by atoms with Crippen LogP contribution in [-0.4, -0.2) is 44.2 Å². The van der Waals surface area contributed by atoms with Gasteiger partial charge in [0.25, 0.3) is 0 Å². The first-order valence-corrected chi connectivity index (χ1v) is 7.18. The third-order valence-corrected chi connectivity index (χ3v) is 3.92. The third-order valence-electron chi connectivity index (χ3n) is 3.92. The Bertz CT molecular complexity index is 433. The van der Waals surface area contributed by atoms with Crippen LogP contribution in [0.4, 0.5) is 14.5 Å². The maximum Gasteiger partial charge on any atom is 0.149 e. The predicted octanol–water partition coefficient (Wildman–Crippen LogP) is 2.00. The highest BCUT2D eigenvalue weighted by Gasteiger charge is 2.21. The third kappa shape index (κ3) is 3.46. The van der Waals surface area contributed by atoms with Gasteiger partial charge in [0.15, 0.2) is 0 Å². The number of anilines is 1. The number of hydrogen-bond donors (Lipinski definition) is 1. The Hall–Kier alpha value is -1.20. The molecule has 0 aliphatic carbocycles. The van der Waals surface area contributed by atoms with E-state index in [-0.39, 0.29) is 11.7 Å². The van der Waals surface area contributed by atoms with Crippen molar-refractivity contribution >= 4 is 5.69 Å². The molecule has 112 valence electrons. The number of nitrogens with zero attached hydrogens (tertiary/aromatic N) is 2. The molecule has 1 aromatic rings. The van der Waals surface area contributed by atoms with E-state index in [1.165, 1.54) is 12.1 Å². The van der Waals surface area contributed by atoms with Crippen LogP contribution in [0, 0.1) is 11.6 Å². The molecule has 3 nitrogen and oxygen atoms in total. The topological polar surface area (TPSA) is 32.5 Å². The molecular weight excluding hydrogens is 260 g/mol. The van der Waals surface area contributed by atoms with Crippen LogP contribution in [0.2, 0.25) is 0 Å². The van der Waals surface area contributed by atoms with E-state index in [1.807, 2.05) is 14.0 Å². The van der Waals surface area contributed by atoms with Crippen molar-refractivity contribution in [2.45, 2.75) is 25.8 Å². The fourth-order valence-corrected chi connectivity index (χ4v) is 2.52. The van der Waals surface area contributed by atoms with Gasteiger partial charge in [-0.25, -0.2) is 8.78 Å². The largest absolute Gasteiger partial charge is 0.364 e. The zero-order valence-corrected chi connectivity index (χ0v) is 12.2. The van der Waals surface area contributed by atoms with Crippen molar-refractivity contribution in [1.29, 1.82) is 0 Å². The van der Waals surface area contributed by atoms with Crippen LogP contribution in [0.1, 0.15) is 18.9 Å². The van der Waals surface area contributed by atoms with Crippen LogP contribution >= 0.6 is 0 Å². The lowest BCUT2D eigenvalue weighted by Crippen LogP contribution is -2.45. The number of nitrogens with two attached hydrogens (primary N) is 1. The Morgan fingerprint density at radius 2 is 1.70 bits per heavy atom. The average molecular weight is 283 g/mol. The van der Waals surface area contributed by atoms with Crippen LogP contribution in [0.15, 0.2) is 12.1 Å². The Balaban J connectivity index is 2.18. The van der Waals surface area contributed by atoms with E-state index in [0.29, 0.717) is 25.1 Å². The van der Waals surface area contributed by atoms with Crippen LogP contribution in [-0.2, 0) is 6.42 Å². The van der Waals surface area contributed by atoms with Gasteiger partial charge in [-0.2, -0.15) is 0 Å². The molecule has 1 heterocycles. The molecule has 5 heteroatoms. The number of piperazine rings is 1. The normalized spacial score (nSPS) is 18.4. The maximum atomic E-state index is 14.2. The number of benzene rings is 1. The summed E-state index contributed by atoms with van der Waals surface area (Å²) in [6.07, 6.45) is 1.30. The summed E-state index contributed by atoms with van der Waals surface area (Å²) in [5.41, 5.74) is 6.58. The molecule has 0 amide bonds. The highest BCUT2D eigenvalue weighted by molar-refractivity contribution is 5.51. The van der Waals surface area contributed by atoms with Gasteiger partial charge in [0.2, 0.25) is 0 Å². The minimum Gasteiger partial charge on any atom is -0.364 e. The monoisotopic (exact) mass is 283 g/mol. The fraction of sp³-hybridized carbons (Fsp3) is 0.600. The second-order valence-corrected chi connectivity index (χ2v) is 5.57. The molecule has 2 rings (SSSR count). The van der Waals surface area contributed by atoms with Crippen LogP contribution in [0.3, 0.4) is 0 Å². The first-order chi connectivity index (χ1) is 9.51. The van der Waals surface area contributed by atoms with Crippen molar-refractivity contribution in [1.82, 2.24) is 4.90 Å². The summed E-state index contributed by atoms with van der Waals surface area (Å²) in [6.45, 7) is 4.91. The number of rotatable bonds is 4. The lowest BCUT2D eigenvalue weighted by atomic mass is 10.0. The van der Waals surface area contributed by atoms with Gasteiger partial charge in [-0.3, -0.25) is 0 Å². The lowest BCUT2D eigenvalue weighted by molar-refractivity contribution is 0.310. The first kappa shape index (κ1) is 15.2. The van der Waals surface area contributed by atoms with Gasteiger partial charge in [-0.1, -0.05) is 6.92 Å². The number of hydrogen-bond acceptors (Lipinski definition) is 3. The quantitative estimate of drug-likeness (QED) is 0.917. The Morgan fingerprint density at radius 3 is 2.20 bits per heavy atom. The van der Waals surface area contributed by atoms with Crippen molar-refractivity contribution in [3.63, 3.8) is 0 Å².